The Balaban J connectivity index is 1.95. The zero-order chi connectivity index (χ0) is 14.3. The molecular weight excluding hydrogens is 266 g/mol. The maximum Gasteiger partial charge on any atom is 0.255 e. The van der Waals surface area contributed by atoms with E-state index in [0.29, 0.717) is 24.2 Å². The lowest BCUT2D eigenvalue weighted by atomic mass is 10.1. The number of ether oxygens (including phenoxy) is 1. The summed E-state index contributed by atoms with van der Waals surface area (Å²) in [6.07, 6.45) is -1.68. The van der Waals surface area contributed by atoms with Crippen LogP contribution in [0.15, 0.2) is 24.3 Å². The lowest BCUT2D eigenvalue weighted by Gasteiger charge is -2.25. The van der Waals surface area contributed by atoms with Crippen LogP contribution in [-0.2, 0) is 4.79 Å². The molecule has 1 aliphatic heterocycles. The summed E-state index contributed by atoms with van der Waals surface area (Å²) in [6, 6.07) is 7.18. The van der Waals surface area contributed by atoms with Gasteiger partial charge >= 0.3 is 0 Å². The third-order valence-corrected chi connectivity index (χ3v) is 3.91. The summed E-state index contributed by atoms with van der Waals surface area (Å²) in [6.45, 7) is -0.559. The normalized spacial score (nSPS) is 23.7. The van der Waals surface area contributed by atoms with Gasteiger partial charge in [0.25, 0.3) is 6.43 Å². The standard InChI is InChI=1S/C14H16F2N2O2/c1-20-10-5-3-2-4-9(10)12-17-14(6-7-14)13(19)18(12)8-11(15)16/h2-5,11-12,17H,6-8H2,1H3. The predicted octanol–water partition coefficient (Wildman–Crippen LogP) is 1.92. The molecule has 1 aromatic carbocycles. The molecule has 1 atom stereocenters. The number of hydrogen-bond acceptors (Lipinski definition) is 3. The van der Waals surface area contributed by atoms with Gasteiger partial charge in [-0.15, -0.1) is 0 Å². The molecule has 1 amide bonds. The van der Waals surface area contributed by atoms with Crippen molar-refractivity contribution in [2.45, 2.75) is 31.0 Å². The average Bonchev–Trinajstić information content (AvgIpc) is 3.17. The van der Waals surface area contributed by atoms with Crippen LogP contribution >= 0.6 is 0 Å². The Morgan fingerprint density at radius 1 is 1.45 bits per heavy atom. The minimum Gasteiger partial charge on any atom is -0.496 e. The molecule has 3 rings (SSSR count). The molecule has 20 heavy (non-hydrogen) atoms. The molecule has 6 heteroatoms. The Morgan fingerprint density at radius 2 is 2.15 bits per heavy atom. The first-order chi connectivity index (χ1) is 9.57. The fraction of sp³-hybridized carbons (Fsp3) is 0.500. The number of amides is 1. The smallest absolute Gasteiger partial charge is 0.255 e. The van der Waals surface area contributed by atoms with Crippen LogP contribution in [0.2, 0.25) is 0 Å². The first-order valence-corrected chi connectivity index (χ1v) is 6.57. The number of nitrogens with zero attached hydrogens (tertiary/aromatic N) is 1. The zero-order valence-electron chi connectivity index (χ0n) is 11.1. The van der Waals surface area contributed by atoms with Gasteiger partial charge in [-0.2, -0.15) is 0 Å². The van der Waals surface area contributed by atoms with Crippen LogP contribution in [0.4, 0.5) is 8.78 Å². The number of carbonyl (C=O) groups excluding carboxylic acids is 1. The first kappa shape index (κ1) is 13.3. The lowest BCUT2D eigenvalue weighted by Crippen LogP contribution is -2.35. The van der Waals surface area contributed by atoms with E-state index >= 15 is 0 Å². The maximum atomic E-state index is 12.8. The maximum absolute atomic E-state index is 12.8. The molecule has 0 radical (unpaired) electrons. The number of alkyl halides is 2. The SMILES string of the molecule is COc1ccccc1C1NC2(CC2)C(=O)N1CC(F)F. The molecule has 1 spiro atoms. The molecule has 1 N–H and O–H groups in total. The number of methoxy groups -OCH3 is 1. The number of carbonyl (C=O) groups is 1. The van der Waals surface area contributed by atoms with Crippen LogP contribution < -0.4 is 10.1 Å². The minimum absolute atomic E-state index is 0.228. The van der Waals surface area contributed by atoms with E-state index in [1.165, 1.54) is 12.0 Å². The number of hydrogen-bond donors (Lipinski definition) is 1. The van der Waals surface area contributed by atoms with E-state index in [0.717, 1.165) is 0 Å². The van der Waals surface area contributed by atoms with Crippen LogP contribution in [-0.4, -0.2) is 36.4 Å². The van der Waals surface area contributed by atoms with Gasteiger partial charge in [-0.3, -0.25) is 10.1 Å². The highest BCUT2D eigenvalue weighted by molar-refractivity contribution is 5.92. The van der Waals surface area contributed by atoms with Crippen molar-refractivity contribution in [3.63, 3.8) is 0 Å². The highest BCUT2D eigenvalue weighted by atomic mass is 19.3. The van der Waals surface area contributed by atoms with E-state index in [4.69, 9.17) is 4.74 Å². The molecule has 1 saturated carbocycles. The van der Waals surface area contributed by atoms with Crippen molar-refractivity contribution in [2.24, 2.45) is 0 Å². The van der Waals surface area contributed by atoms with E-state index in [2.05, 4.69) is 5.32 Å². The van der Waals surface area contributed by atoms with Gasteiger partial charge in [0.15, 0.2) is 0 Å². The minimum atomic E-state index is -2.55. The largest absolute Gasteiger partial charge is 0.496 e. The third kappa shape index (κ3) is 2.04. The van der Waals surface area contributed by atoms with Crippen LogP contribution in [0.3, 0.4) is 0 Å². The van der Waals surface area contributed by atoms with Crippen LogP contribution in [0.5, 0.6) is 5.75 Å². The number of para-hydroxylation sites is 1. The summed E-state index contributed by atoms with van der Waals surface area (Å²) in [7, 11) is 1.53. The second-order valence-corrected chi connectivity index (χ2v) is 5.22. The average molecular weight is 282 g/mol. The second kappa shape index (κ2) is 4.70. The Morgan fingerprint density at radius 3 is 2.75 bits per heavy atom. The monoisotopic (exact) mass is 282 g/mol. The topological polar surface area (TPSA) is 41.6 Å². The van der Waals surface area contributed by atoms with E-state index in [1.807, 2.05) is 12.1 Å². The van der Waals surface area contributed by atoms with Gasteiger partial charge in [0.1, 0.15) is 17.5 Å². The van der Waals surface area contributed by atoms with Gasteiger partial charge in [-0.1, -0.05) is 18.2 Å². The van der Waals surface area contributed by atoms with Crippen molar-refractivity contribution in [3.8, 4) is 5.75 Å². The number of halogens is 2. The number of nitrogens with one attached hydrogen (secondary N) is 1. The molecule has 2 fully saturated rings. The fourth-order valence-electron chi connectivity index (χ4n) is 2.75. The molecule has 4 nitrogen and oxygen atoms in total. The highest BCUT2D eigenvalue weighted by Crippen LogP contribution is 2.47. The Labute approximate surface area is 115 Å². The van der Waals surface area contributed by atoms with Gasteiger partial charge in [-0.05, 0) is 18.9 Å². The van der Waals surface area contributed by atoms with Crippen molar-refractivity contribution in [1.82, 2.24) is 10.2 Å². The summed E-state index contributed by atoms with van der Waals surface area (Å²) in [5, 5.41) is 3.20. The quantitative estimate of drug-likeness (QED) is 0.917. The van der Waals surface area contributed by atoms with Crippen LogP contribution in [0.1, 0.15) is 24.6 Å². The van der Waals surface area contributed by atoms with E-state index < -0.39 is 24.7 Å². The third-order valence-electron chi connectivity index (χ3n) is 3.91. The summed E-state index contributed by atoms with van der Waals surface area (Å²) in [5.41, 5.74) is 0.0909. The first-order valence-electron chi connectivity index (χ1n) is 6.57. The van der Waals surface area contributed by atoms with Crippen molar-refractivity contribution in [1.29, 1.82) is 0 Å². The van der Waals surface area contributed by atoms with Crippen molar-refractivity contribution in [3.05, 3.63) is 29.8 Å². The molecular formula is C14H16F2N2O2. The van der Waals surface area contributed by atoms with Crippen LogP contribution in [0.25, 0.3) is 0 Å². The molecule has 1 aliphatic carbocycles. The molecule has 1 aromatic rings. The van der Waals surface area contributed by atoms with Crippen LogP contribution in [0, 0.1) is 0 Å². The van der Waals surface area contributed by atoms with E-state index in [-0.39, 0.29) is 5.91 Å². The summed E-state index contributed by atoms with van der Waals surface area (Å²) in [5.74, 6) is 0.364. The lowest BCUT2D eigenvalue weighted by molar-refractivity contribution is -0.132. The van der Waals surface area contributed by atoms with E-state index in [1.54, 1.807) is 12.1 Å². The van der Waals surface area contributed by atoms with Crippen molar-refractivity contribution >= 4 is 5.91 Å². The molecule has 0 bridgehead atoms. The molecule has 1 unspecified atom stereocenters. The van der Waals surface area contributed by atoms with Gasteiger partial charge in [0.05, 0.1) is 13.7 Å². The Kier molecular flexibility index (Phi) is 3.12. The zero-order valence-corrected chi connectivity index (χ0v) is 11.1. The predicted molar refractivity (Wildman–Crippen MR) is 68.6 cm³/mol. The van der Waals surface area contributed by atoms with E-state index in [9.17, 15) is 13.6 Å². The summed E-state index contributed by atoms with van der Waals surface area (Å²) < 4.78 is 30.8. The molecule has 2 aliphatic rings. The molecule has 1 heterocycles. The Hall–Kier alpha value is -1.69. The Bertz CT molecular complexity index is 532. The van der Waals surface area contributed by atoms with Crippen molar-refractivity contribution in [2.75, 3.05) is 13.7 Å². The fourth-order valence-corrected chi connectivity index (χ4v) is 2.75. The summed E-state index contributed by atoms with van der Waals surface area (Å²) >= 11 is 0. The van der Waals surface area contributed by atoms with Crippen molar-refractivity contribution < 1.29 is 18.3 Å². The van der Waals surface area contributed by atoms with Gasteiger partial charge < -0.3 is 9.64 Å². The highest BCUT2D eigenvalue weighted by Gasteiger charge is 2.59. The van der Waals surface area contributed by atoms with Gasteiger partial charge in [0.2, 0.25) is 5.91 Å². The second-order valence-electron chi connectivity index (χ2n) is 5.22. The number of rotatable bonds is 4. The molecule has 0 aromatic heterocycles. The summed E-state index contributed by atoms with van der Waals surface area (Å²) in [4.78, 5) is 13.5. The molecule has 108 valence electrons. The van der Waals surface area contributed by atoms with Gasteiger partial charge in [-0.25, -0.2) is 8.78 Å². The molecule has 1 saturated heterocycles. The van der Waals surface area contributed by atoms with Gasteiger partial charge in [0, 0.05) is 5.56 Å². The number of benzene rings is 1.